The maximum atomic E-state index is 3.89. The lowest BCUT2D eigenvalue weighted by molar-refractivity contribution is 0.378. The van der Waals surface area contributed by atoms with E-state index in [-0.39, 0.29) is 0 Å². The molecule has 2 atom stereocenters. The van der Waals surface area contributed by atoms with Gasteiger partial charge in [0, 0.05) is 0 Å². The Bertz CT molecular complexity index is 130. The summed E-state index contributed by atoms with van der Waals surface area (Å²) < 4.78 is 0. The maximum Gasteiger partial charge on any atom is -0.0231 e. The third-order valence-corrected chi connectivity index (χ3v) is 2.92. The van der Waals surface area contributed by atoms with Crippen molar-refractivity contribution in [1.29, 1.82) is 0 Å². The Kier molecular flexibility index (Phi) is 4.13. The van der Waals surface area contributed by atoms with Crippen molar-refractivity contribution in [1.82, 2.24) is 0 Å². The lowest BCUT2D eigenvalue weighted by Gasteiger charge is -2.21. The highest BCUT2D eigenvalue weighted by atomic mass is 14.2. The van der Waals surface area contributed by atoms with E-state index in [2.05, 4.69) is 25.3 Å². The molecule has 0 radical (unpaired) electrons. The van der Waals surface area contributed by atoms with Crippen LogP contribution in [-0.2, 0) is 0 Å². The SMILES string of the molecule is C=CC1CCCCCC(C=C)C1. The second kappa shape index (κ2) is 5.18. The van der Waals surface area contributed by atoms with Crippen molar-refractivity contribution < 1.29 is 0 Å². The molecule has 0 saturated heterocycles. The van der Waals surface area contributed by atoms with Gasteiger partial charge < -0.3 is 0 Å². The molecule has 1 rings (SSSR count). The Hall–Kier alpha value is -0.520. The summed E-state index contributed by atoms with van der Waals surface area (Å²) in [4.78, 5) is 0. The van der Waals surface area contributed by atoms with Crippen LogP contribution in [0, 0.1) is 11.8 Å². The van der Waals surface area contributed by atoms with Gasteiger partial charge >= 0.3 is 0 Å². The summed E-state index contributed by atoms with van der Waals surface area (Å²) in [6.07, 6.45) is 12.4. The quantitative estimate of drug-likeness (QED) is 0.542. The fourth-order valence-electron chi connectivity index (χ4n) is 2.04. The molecule has 0 aromatic heterocycles. The Morgan fingerprint density at radius 1 is 0.833 bits per heavy atom. The van der Waals surface area contributed by atoms with Gasteiger partial charge in [0.05, 0.1) is 0 Å². The molecule has 1 aliphatic rings. The number of rotatable bonds is 2. The van der Waals surface area contributed by atoms with E-state index in [1.165, 1.54) is 38.5 Å². The number of hydrogen-bond donors (Lipinski definition) is 0. The lowest BCUT2D eigenvalue weighted by Crippen LogP contribution is -2.08. The molecule has 0 amide bonds. The molecule has 0 aromatic rings. The number of hydrogen-bond acceptors (Lipinski definition) is 0. The van der Waals surface area contributed by atoms with Crippen LogP contribution in [0.2, 0.25) is 0 Å². The minimum atomic E-state index is 0.744. The predicted octanol–water partition coefficient (Wildman–Crippen LogP) is 3.95. The van der Waals surface area contributed by atoms with Crippen molar-refractivity contribution in [2.24, 2.45) is 11.8 Å². The summed E-state index contributed by atoms with van der Waals surface area (Å²) in [5.74, 6) is 1.49. The normalized spacial score (nSPS) is 31.7. The molecule has 68 valence electrons. The van der Waals surface area contributed by atoms with E-state index in [1.807, 2.05) is 0 Å². The van der Waals surface area contributed by atoms with Gasteiger partial charge in [0.15, 0.2) is 0 Å². The van der Waals surface area contributed by atoms with Crippen LogP contribution in [0.5, 0.6) is 0 Å². The summed E-state index contributed by atoms with van der Waals surface area (Å²) in [7, 11) is 0. The average molecular weight is 164 g/mol. The Morgan fingerprint density at radius 3 is 1.75 bits per heavy atom. The van der Waals surface area contributed by atoms with Crippen LogP contribution in [0.25, 0.3) is 0 Å². The van der Waals surface area contributed by atoms with E-state index in [4.69, 9.17) is 0 Å². The molecule has 0 aromatic carbocycles. The van der Waals surface area contributed by atoms with Gasteiger partial charge in [-0.3, -0.25) is 0 Å². The van der Waals surface area contributed by atoms with E-state index in [1.54, 1.807) is 0 Å². The first-order valence-corrected chi connectivity index (χ1v) is 5.12. The molecule has 1 saturated carbocycles. The van der Waals surface area contributed by atoms with Crippen molar-refractivity contribution in [3.8, 4) is 0 Å². The molecule has 0 spiro atoms. The van der Waals surface area contributed by atoms with Crippen LogP contribution in [0.3, 0.4) is 0 Å². The van der Waals surface area contributed by atoms with Gasteiger partial charge in [0.1, 0.15) is 0 Å². The van der Waals surface area contributed by atoms with Crippen LogP contribution in [0.1, 0.15) is 38.5 Å². The van der Waals surface area contributed by atoms with E-state index in [9.17, 15) is 0 Å². The zero-order valence-corrected chi connectivity index (χ0v) is 7.97. The first-order chi connectivity index (χ1) is 5.86. The highest BCUT2D eigenvalue weighted by Crippen LogP contribution is 2.27. The van der Waals surface area contributed by atoms with E-state index < -0.39 is 0 Å². The molecule has 0 heteroatoms. The first-order valence-electron chi connectivity index (χ1n) is 5.12. The Morgan fingerprint density at radius 2 is 1.33 bits per heavy atom. The van der Waals surface area contributed by atoms with Crippen molar-refractivity contribution >= 4 is 0 Å². The summed E-state index contributed by atoms with van der Waals surface area (Å²) in [5.41, 5.74) is 0. The predicted molar refractivity (Wildman–Crippen MR) is 55.1 cm³/mol. The van der Waals surface area contributed by atoms with E-state index in [0.717, 1.165) is 11.8 Å². The van der Waals surface area contributed by atoms with Gasteiger partial charge in [0.2, 0.25) is 0 Å². The topological polar surface area (TPSA) is 0 Å². The molecule has 1 aliphatic carbocycles. The minimum absolute atomic E-state index is 0.744. The average Bonchev–Trinajstić information content (AvgIpc) is 2.05. The number of allylic oxidation sites excluding steroid dienone is 2. The summed E-state index contributed by atoms with van der Waals surface area (Å²) in [6.45, 7) is 7.78. The standard InChI is InChI=1S/C12H20/c1-3-11-8-6-5-7-9-12(4-2)10-11/h3-4,11-12H,1-2,5-10H2. The minimum Gasteiger partial charge on any atom is -0.103 e. The fourth-order valence-corrected chi connectivity index (χ4v) is 2.04. The molecule has 1 fully saturated rings. The van der Waals surface area contributed by atoms with Gasteiger partial charge in [-0.1, -0.05) is 31.4 Å². The smallest absolute Gasteiger partial charge is 0.0231 e. The van der Waals surface area contributed by atoms with Crippen LogP contribution in [0.15, 0.2) is 25.3 Å². The summed E-state index contributed by atoms with van der Waals surface area (Å²) in [5, 5.41) is 0. The second-order valence-electron chi connectivity index (χ2n) is 3.87. The molecule has 0 aliphatic heterocycles. The zero-order valence-electron chi connectivity index (χ0n) is 7.97. The summed E-state index contributed by atoms with van der Waals surface area (Å²) in [6, 6.07) is 0. The third-order valence-electron chi connectivity index (χ3n) is 2.92. The largest absolute Gasteiger partial charge is 0.103 e. The molecule has 0 heterocycles. The van der Waals surface area contributed by atoms with Crippen molar-refractivity contribution in [2.75, 3.05) is 0 Å². The van der Waals surface area contributed by atoms with Gasteiger partial charge in [-0.05, 0) is 31.1 Å². The molecule has 0 nitrogen and oxygen atoms in total. The van der Waals surface area contributed by atoms with Crippen molar-refractivity contribution in [3.05, 3.63) is 25.3 Å². The Balaban J connectivity index is 2.43. The first kappa shape index (κ1) is 9.57. The van der Waals surface area contributed by atoms with Crippen LogP contribution in [-0.4, -0.2) is 0 Å². The fraction of sp³-hybridized carbons (Fsp3) is 0.667. The van der Waals surface area contributed by atoms with Crippen LogP contribution in [0.4, 0.5) is 0 Å². The monoisotopic (exact) mass is 164 g/mol. The van der Waals surface area contributed by atoms with E-state index in [0.29, 0.717) is 0 Å². The molecule has 0 N–H and O–H groups in total. The molecule has 12 heavy (non-hydrogen) atoms. The van der Waals surface area contributed by atoms with Gasteiger partial charge in [-0.2, -0.15) is 0 Å². The van der Waals surface area contributed by atoms with Crippen molar-refractivity contribution in [3.63, 3.8) is 0 Å². The molecule has 2 unspecified atom stereocenters. The van der Waals surface area contributed by atoms with Gasteiger partial charge in [-0.25, -0.2) is 0 Å². The van der Waals surface area contributed by atoms with Gasteiger partial charge in [-0.15, -0.1) is 13.2 Å². The maximum absolute atomic E-state index is 3.89. The highest BCUT2D eigenvalue weighted by molar-refractivity contribution is 4.88. The zero-order chi connectivity index (χ0) is 8.81. The van der Waals surface area contributed by atoms with Gasteiger partial charge in [0.25, 0.3) is 0 Å². The Labute approximate surface area is 76.4 Å². The molecular weight excluding hydrogens is 144 g/mol. The molecular formula is C12H20. The molecule has 0 bridgehead atoms. The van der Waals surface area contributed by atoms with Crippen molar-refractivity contribution in [2.45, 2.75) is 38.5 Å². The van der Waals surface area contributed by atoms with Crippen LogP contribution < -0.4 is 0 Å². The highest BCUT2D eigenvalue weighted by Gasteiger charge is 2.13. The third kappa shape index (κ3) is 2.84. The van der Waals surface area contributed by atoms with Crippen LogP contribution >= 0.6 is 0 Å². The summed E-state index contributed by atoms with van der Waals surface area (Å²) >= 11 is 0. The second-order valence-corrected chi connectivity index (χ2v) is 3.87. The lowest BCUT2D eigenvalue weighted by atomic mass is 9.84. The van der Waals surface area contributed by atoms with E-state index >= 15 is 0 Å².